The third kappa shape index (κ3) is 3.96. The van der Waals surface area contributed by atoms with Gasteiger partial charge in [-0.2, -0.15) is 0 Å². The van der Waals surface area contributed by atoms with Crippen LogP contribution in [0.2, 0.25) is 0 Å². The summed E-state index contributed by atoms with van der Waals surface area (Å²) in [5.74, 6) is -0.334. The molecule has 1 saturated heterocycles. The Hall–Kier alpha value is -2.44. The molecule has 1 N–H and O–H groups in total. The van der Waals surface area contributed by atoms with Gasteiger partial charge in [0.25, 0.3) is 0 Å². The van der Waals surface area contributed by atoms with E-state index in [0.29, 0.717) is 37.8 Å². The molecule has 7 nitrogen and oxygen atoms in total. The molecule has 1 aliphatic carbocycles. The molecule has 2 aliphatic rings. The first-order valence-electron chi connectivity index (χ1n) is 9.61. The van der Waals surface area contributed by atoms with Crippen LogP contribution in [-0.4, -0.2) is 68.4 Å². The van der Waals surface area contributed by atoms with Crippen LogP contribution in [0, 0.1) is 6.92 Å². The second-order valence-corrected chi connectivity index (χ2v) is 7.43. The first-order valence-corrected chi connectivity index (χ1v) is 9.61. The normalized spacial score (nSPS) is 17.9. The number of esters is 1. The largest absolute Gasteiger partial charge is 0.465 e. The molecule has 148 valence electrons. The number of ether oxygens (including phenoxy) is 1. The van der Waals surface area contributed by atoms with E-state index in [2.05, 4.69) is 22.9 Å². The monoisotopic (exact) mass is 375 g/mol. The van der Waals surface area contributed by atoms with Gasteiger partial charge < -0.3 is 24.5 Å². The number of carboxylic acid groups (broad SMARTS) is 1. The van der Waals surface area contributed by atoms with E-state index in [0.717, 1.165) is 16.9 Å². The number of carbonyl (C=O) groups is 2. The minimum Gasteiger partial charge on any atom is -0.465 e. The molecule has 27 heavy (non-hydrogen) atoms. The number of carbonyl (C=O) groups excluding carboxylic acids is 1. The van der Waals surface area contributed by atoms with Gasteiger partial charge in [0.1, 0.15) is 0 Å². The maximum Gasteiger partial charge on any atom is 0.407 e. The average molecular weight is 375 g/mol. The lowest BCUT2D eigenvalue weighted by Gasteiger charge is -2.36. The van der Waals surface area contributed by atoms with Gasteiger partial charge in [-0.3, -0.25) is 0 Å². The Bertz CT molecular complexity index is 707. The third-order valence-corrected chi connectivity index (χ3v) is 5.94. The highest BCUT2D eigenvalue weighted by molar-refractivity contribution is 5.94. The Morgan fingerprint density at radius 1 is 1.15 bits per heavy atom. The maximum atomic E-state index is 12.4. The second kappa shape index (κ2) is 8.06. The predicted octanol–water partition coefficient (Wildman–Crippen LogP) is 2.96. The first-order chi connectivity index (χ1) is 12.9. The fourth-order valence-electron chi connectivity index (χ4n) is 4.20. The Labute approximate surface area is 160 Å². The van der Waals surface area contributed by atoms with Crippen LogP contribution in [0.1, 0.15) is 41.6 Å². The number of hydrogen-bond donors (Lipinski definition) is 1. The summed E-state index contributed by atoms with van der Waals surface area (Å²) in [4.78, 5) is 29.4. The third-order valence-electron chi connectivity index (χ3n) is 5.94. The first kappa shape index (κ1) is 19.3. The molecular formula is C20H29N3O4. The Balaban J connectivity index is 1.92. The van der Waals surface area contributed by atoms with Gasteiger partial charge in [0.2, 0.25) is 0 Å². The highest BCUT2D eigenvalue weighted by Crippen LogP contribution is 2.34. The SMILES string of the molecule is COC(=O)c1cc(N2CCN(C(=O)O)CC2)cc(N(C)C2CCCC2)c1C. The zero-order valence-corrected chi connectivity index (χ0v) is 16.4. The van der Waals surface area contributed by atoms with Crippen LogP contribution in [0.3, 0.4) is 0 Å². The van der Waals surface area contributed by atoms with Gasteiger partial charge >= 0.3 is 12.1 Å². The van der Waals surface area contributed by atoms with Gasteiger partial charge in [0.05, 0.1) is 12.7 Å². The molecule has 7 heteroatoms. The molecule has 1 saturated carbocycles. The van der Waals surface area contributed by atoms with E-state index in [1.165, 1.54) is 37.7 Å². The number of methoxy groups -OCH3 is 1. The lowest BCUT2D eigenvalue weighted by molar-refractivity contribution is 0.0600. The Morgan fingerprint density at radius 2 is 1.78 bits per heavy atom. The van der Waals surface area contributed by atoms with Crippen LogP contribution in [-0.2, 0) is 4.74 Å². The van der Waals surface area contributed by atoms with E-state index < -0.39 is 6.09 Å². The van der Waals surface area contributed by atoms with Gasteiger partial charge in [-0.1, -0.05) is 12.8 Å². The summed E-state index contributed by atoms with van der Waals surface area (Å²) in [7, 11) is 3.51. The van der Waals surface area contributed by atoms with Gasteiger partial charge in [0, 0.05) is 50.6 Å². The van der Waals surface area contributed by atoms with Crippen LogP contribution < -0.4 is 9.80 Å². The van der Waals surface area contributed by atoms with Gasteiger partial charge in [-0.25, -0.2) is 9.59 Å². The van der Waals surface area contributed by atoms with Crippen molar-refractivity contribution in [2.24, 2.45) is 0 Å². The predicted molar refractivity (Wildman–Crippen MR) is 105 cm³/mol. The van der Waals surface area contributed by atoms with E-state index in [1.54, 1.807) is 0 Å². The van der Waals surface area contributed by atoms with Crippen molar-refractivity contribution in [3.05, 3.63) is 23.3 Å². The molecule has 1 amide bonds. The van der Waals surface area contributed by atoms with Crippen molar-refractivity contribution in [3.8, 4) is 0 Å². The smallest absolute Gasteiger partial charge is 0.407 e. The van der Waals surface area contributed by atoms with Crippen molar-refractivity contribution in [2.75, 3.05) is 50.1 Å². The molecule has 3 rings (SSSR count). The van der Waals surface area contributed by atoms with Crippen molar-refractivity contribution in [3.63, 3.8) is 0 Å². The molecular weight excluding hydrogens is 346 g/mol. The highest BCUT2D eigenvalue weighted by atomic mass is 16.5. The standard InChI is InChI=1S/C20H29N3O4/c1-14-17(19(24)27-3)12-16(22-8-10-23(11-9-22)20(25)26)13-18(14)21(2)15-6-4-5-7-15/h12-13,15H,4-11H2,1-3H3,(H,25,26). The summed E-state index contributed by atoms with van der Waals surface area (Å²) < 4.78 is 5.01. The summed E-state index contributed by atoms with van der Waals surface area (Å²) in [6.45, 7) is 4.12. The molecule has 1 aromatic rings. The quantitative estimate of drug-likeness (QED) is 0.816. The van der Waals surface area contributed by atoms with E-state index in [-0.39, 0.29) is 5.97 Å². The van der Waals surface area contributed by atoms with Crippen LogP contribution in [0.15, 0.2) is 12.1 Å². The molecule has 1 aromatic carbocycles. The number of hydrogen-bond acceptors (Lipinski definition) is 5. The lowest BCUT2D eigenvalue weighted by atomic mass is 10.0. The summed E-state index contributed by atoms with van der Waals surface area (Å²) in [6, 6.07) is 4.51. The number of anilines is 2. The van der Waals surface area contributed by atoms with Gasteiger partial charge in [0.15, 0.2) is 0 Å². The van der Waals surface area contributed by atoms with Crippen molar-refractivity contribution < 1.29 is 19.4 Å². The second-order valence-electron chi connectivity index (χ2n) is 7.43. The minimum atomic E-state index is -0.879. The fraction of sp³-hybridized carbons (Fsp3) is 0.600. The number of piperazine rings is 1. The van der Waals surface area contributed by atoms with E-state index >= 15 is 0 Å². The molecule has 0 spiro atoms. The van der Waals surface area contributed by atoms with Crippen LogP contribution in [0.5, 0.6) is 0 Å². The zero-order chi connectivity index (χ0) is 19.6. The zero-order valence-electron chi connectivity index (χ0n) is 16.4. The molecule has 0 unspecified atom stereocenters. The van der Waals surface area contributed by atoms with Crippen LogP contribution in [0.25, 0.3) is 0 Å². The molecule has 0 atom stereocenters. The fourth-order valence-corrected chi connectivity index (χ4v) is 4.20. The number of amides is 1. The summed E-state index contributed by atoms with van der Waals surface area (Å²) >= 11 is 0. The van der Waals surface area contributed by atoms with Crippen molar-refractivity contribution >= 4 is 23.4 Å². The summed E-state index contributed by atoms with van der Waals surface area (Å²) in [6.07, 6.45) is 3.95. The van der Waals surface area contributed by atoms with Crippen molar-refractivity contribution in [1.82, 2.24) is 4.90 Å². The van der Waals surface area contributed by atoms with Crippen molar-refractivity contribution in [2.45, 2.75) is 38.6 Å². The van der Waals surface area contributed by atoms with E-state index in [1.807, 2.05) is 13.0 Å². The Morgan fingerprint density at radius 3 is 2.33 bits per heavy atom. The van der Waals surface area contributed by atoms with Crippen LogP contribution in [0.4, 0.5) is 16.2 Å². The van der Waals surface area contributed by atoms with E-state index in [9.17, 15) is 9.59 Å². The highest BCUT2D eigenvalue weighted by Gasteiger charge is 2.26. The summed E-state index contributed by atoms with van der Waals surface area (Å²) in [5, 5.41) is 9.16. The van der Waals surface area contributed by atoms with Crippen molar-refractivity contribution in [1.29, 1.82) is 0 Å². The summed E-state index contributed by atoms with van der Waals surface area (Å²) in [5.41, 5.74) is 3.52. The topological polar surface area (TPSA) is 73.3 Å². The minimum absolute atomic E-state index is 0.334. The van der Waals surface area contributed by atoms with Crippen LogP contribution >= 0.6 is 0 Å². The Kier molecular flexibility index (Phi) is 5.77. The molecule has 0 bridgehead atoms. The maximum absolute atomic E-state index is 12.4. The number of rotatable bonds is 4. The molecule has 2 fully saturated rings. The number of benzene rings is 1. The van der Waals surface area contributed by atoms with Gasteiger partial charge in [-0.15, -0.1) is 0 Å². The molecule has 1 heterocycles. The molecule has 0 radical (unpaired) electrons. The molecule has 0 aromatic heterocycles. The van der Waals surface area contributed by atoms with Gasteiger partial charge in [-0.05, 0) is 37.5 Å². The number of nitrogens with zero attached hydrogens (tertiary/aromatic N) is 3. The lowest BCUT2D eigenvalue weighted by Crippen LogP contribution is -2.48. The van der Waals surface area contributed by atoms with E-state index in [4.69, 9.17) is 9.84 Å². The molecule has 1 aliphatic heterocycles. The average Bonchev–Trinajstić information content (AvgIpc) is 3.22.